The first-order valence-corrected chi connectivity index (χ1v) is 5.81. The fourth-order valence-corrected chi connectivity index (χ4v) is 2.02. The van der Waals surface area contributed by atoms with E-state index in [1.54, 1.807) is 6.07 Å². The lowest BCUT2D eigenvalue weighted by molar-refractivity contribution is 0.969. The number of nitrogens with zero attached hydrogens (tertiary/aromatic N) is 2. The number of benzene rings is 1. The molecule has 1 aromatic heterocycles. The maximum absolute atomic E-state index is 6.07. The van der Waals surface area contributed by atoms with Crippen LogP contribution in [0.5, 0.6) is 0 Å². The smallest absolute Gasteiger partial charge is 0.137 e. The molecule has 0 aliphatic heterocycles. The minimum atomic E-state index is 0.546. The predicted molar refractivity (Wildman–Crippen MR) is 68.3 cm³/mol. The van der Waals surface area contributed by atoms with E-state index < -0.39 is 0 Å². The molecule has 1 aromatic carbocycles. The highest BCUT2D eigenvalue weighted by Gasteiger charge is 2.07. The number of hydrogen-bond donors (Lipinski definition) is 1. The van der Waals surface area contributed by atoms with E-state index in [2.05, 4.69) is 22.2 Å². The summed E-state index contributed by atoms with van der Waals surface area (Å²) in [7, 11) is 0. The molecular weight excluding hydrogens is 245 g/mol. The van der Waals surface area contributed by atoms with Crippen LogP contribution < -0.4 is 5.32 Å². The van der Waals surface area contributed by atoms with Crippen molar-refractivity contribution >= 4 is 39.9 Å². The third kappa shape index (κ3) is 2.20. The van der Waals surface area contributed by atoms with E-state index in [4.69, 9.17) is 23.2 Å². The Labute approximate surface area is 104 Å². The number of aromatic nitrogens is 2. The zero-order valence-corrected chi connectivity index (χ0v) is 10.3. The van der Waals surface area contributed by atoms with E-state index >= 15 is 0 Å². The molecule has 0 spiro atoms. The Balaban J connectivity index is 2.57. The van der Waals surface area contributed by atoms with Crippen LogP contribution in [-0.2, 0) is 0 Å². The van der Waals surface area contributed by atoms with Crippen LogP contribution in [0.15, 0.2) is 18.5 Å². The van der Waals surface area contributed by atoms with Gasteiger partial charge in [0.15, 0.2) is 0 Å². The molecule has 0 bridgehead atoms. The molecule has 0 fully saturated rings. The van der Waals surface area contributed by atoms with Gasteiger partial charge in [-0.05, 0) is 18.6 Å². The van der Waals surface area contributed by atoms with Crippen molar-refractivity contribution in [2.75, 3.05) is 11.9 Å². The van der Waals surface area contributed by atoms with Crippen molar-refractivity contribution in [3.05, 3.63) is 28.5 Å². The summed E-state index contributed by atoms with van der Waals surface area (Å²) in [5.41, 5.74) is 0.722. The normalized spacial score (nSPS) is 10.7. The van der Waals surface area contributed by atoms with E-state index in [1.807, 2.05) is 6.07 Å². The van der Waals surface area contributed by atoms with Crippen molar-refractivity contribution in [2.45, 2.75) is 13.3 Å². The van der Waals surface area contributed by atoms with Gasteiger partial charge in [-0.2, -0.15) is 0 Å². The number of anilines is 1. The molecule has 0 aliphatic carbocycles. The molecule has 1 N–H and O–H groups in total. The summed E-state index contributed by atoms with van der Waals surface area (Å²) in [6, 6.07) is 3.50. The first-order chi connectivity index (χ1) is 7.72. The quantitative estimate of drug-likeness (QED) is 0.908. The van der Waals surface area contributed by atoms with Gasteiger partial charge in [-0.25, -0.2) is 9.97 Å². The third-order valence-electron chi connectivity index (χ3n) is 2.20. The first-order valence-electron chi connectivity index (χ1n) is 5.06. The molecule has 0 radical (unpaired) electrons. The lowest BCUT2D eigenvalue weighted by atomic mass is 10.2. The van der Waals surface area contributed by atoms with Crippen LogP contribution in [0.2, 0.25) is 10.0 Å². The number of halogens is 2. The number of fused-ring (bicyclic) bond motifs is 1. The summed E-state index contributed by atoms with van der Waals surface area (Å²) in [6.45, 7) is 2.95. The minimum absolute atomic E-state index is 0.546. The average Bonchev–Trinajstić information content (AvgIpc) is 2.26. The van der Waals surface area contributed by atoms with Gasteiger partial charge in [-0.3, -0.25) is 0 Å². The Kier molecular flexibility index (Phi) is 3.46. The van der Waals surface area contributed by atoms with Gasteiger partial charge >= 0.3 is 0 Å². The first kappa shape index (κ1) is 11.4. The van der Waals surface area contributed by atoms with Gasteiger partial charge < -0.3 is 5.32 Å². The maximum atomic E-state index is 6.07. The van der Waals surface area contributed by atoms with Crippen molar-refractivity contribution in [3.63, 3.8) is 0 Å². The third-order valence-corrected chi connectivity index (χ3v) is 2.71. The molecule has 0 aliphatic rings. The van der Waals surface area contributed by atoms with Gasteiger partial charge in [-0.15, -0.1) is 0 Å². The van der Waals surface area contributed by atoms with Crippen molar-refractivity contribution < 1.29 is 0 Å². The van der Waals surface area contributed by atoms with Crippen LogP contribution in [0.25, 0.3) is 10.9 Å². The predicted octanol–water partition coefficient (Wildman–Crippen LogP) is 3.76. The Morgan fingerprint density at radius 1 is 1.25 bits per heavy atom. The summed E-state index contributed by atoms with van der Waals surface area (Å²) in [6.07, 6.45) is 2.53. The van der Waals surface area contributed by atoms with Crippen LogP contribution in [0, 0.1) is 0 Å². The zero-order chi connectivity index (χ0) is 11.5. The Bertz CT molecular complexity index is 514. The van der Waals surface area contributed by atoms with Crippen LogP contribution in [0.3, 0.4) is 0 Å². The summed E-state index contributed by atoms with van der Waals surface area (Å²) in [5, 5.41) is 5.21. The molecule has 0 atom stereocenters. The molecule has 0 saturated carbocycles. The second-order valence-electron chi connectivity index (χ2n) is 3.43. The summed E-state index contributed by atoms with van der Waals surface area (Å²) in [5.74, 6) is 0.774. The van der Waals surface area contributed by atoms with Gasteiger partial charge in [0.2, 0.25) is 0 Å². The van der Waals surface area contributed by atoms with E-state index in [0.29, 0.717) is 10.0 Å². The molecular formula is C11H11Cl2N3. The second-order valence-corrected chi connectivity index (χ2v) is 4.28. The molecule has 16 heavy (non-hydrogen) atoms. The number of hydrogen-bond acceptors (Lipinski definition) is 3. The summed E-state index contributed by atoms with van der Waals surface area (Å²) >= 11 is 12.0. The van der Waals surface area contributed by atoms with Crippen molar-refractivity contribution in [1.82, 2.24) is 9.97 Å². The molecule has 1 heterocycles. The average molecular weight is 256 g/mol. The van der Waals surface area contributed by atoms with Crippen molar-refractivity contribution in [3.8, 4) is 0 Å². The van der Waals surface area contributed by atoms with Crippen molar-refractivity contribution in [2.24, 2.45) is 0 Å². The van der Waals surface area contributed by atoms with Gasteiger partial charge in [0.05, 0.1) is 10.5 Å². The minimum Gasteiger partial charge on any atom is -0.369 e. The van der Waals surface area contributed by atoms with E-state index in [9.17, 15) is 0 Å². The van der Waals surface area contributed by atoms with E-state index in [1.165, 1.54) is 6.33 Å². The Morgan fingerprint density at radius 2 is 2.06 bits per heavy atom. The lowest BCUT2D eigenvalue weighted by Gasteiger charge is -2.08. The molecule has 0 amide bonds. The maximum Gasteiger partial charge on any atom is 0.137 e. The molecule has 2 aromatic rings. The number of rotatable bonds is 3. The molecule has 0 unspecified atom stereocenters. The fourth-order valence-electron chi connectivity index (χ4n) is 1.48. The molecule has 0 saturated heterocycles. The monoisotopic (exact) mass is 255 g/mol. The Morgan fingerprint density at radius 3 is 2.81 bits per heavy atom. The van der Waals surface area contributed by atoms with E-state index in [0.717, 1.165) is 29.7 Å². The molecule has 2 rings (SSSR count). The fraction of sp³-hybridized carbons (Fsp3) is 0.273. The van der Waals surface area contributed by atoms with Crippen LogP contribution in [-0.4, -0.2) is 16.5 Å². The highest BCUT2D eigenvalue weighted by atomic mass is 35.5. The summed E-state index contributed by atoms with van der Waals surface area (Å²) < 4.78 is 0. The summed E-state index contributed by atoms with van der Waals surface area (Å²) in [4.78, 5) is 8.34. The lowest BCUT2D eigenvalue weighted by Crippen LogP contribution is -2.03. The van der Waals surface area contributed by atoms with Gasteiger partial charge in [-0.1, -0.05) is 30.1 Å². The highest BCUT2D eigenvalue weighted by Crippen LogP contribution is 2.29. The Hall–Kier alpha value is -1.06. The van der Waals surface area contributed by atoms with E-state index in [-0.39, 0.29) is 0 Å². The highest BCUT2D eigenvalue weighted by molar-refractivity contribution is 6.38. The largest absolute Gasteiger partial charge is 0.369 e. The van der Waals surface area contributed by atoms with Gasteiger partial charge in [0, 0.05) is 17.0 Å². The van der Waals surface area contributed by atoms with Crippen LogP contribution >= 0.6 is 23.2 Å². The molecule has 3 nitrogen and oxygen atoms in total. The SMILES string of the molecule is CCCNc1ncnc2c(Cl)cc(Cl)cc12. The zero-order valence-electron chi connectivity index (χ0n) is 8.80. The number of nitrogens with one attached hydrogen (secondary N) is 1. The molecule has 5 heteroatoms. The van der Waals surface area contributed by atoms with Crippen LogP contribution in [0.4, 0.5) is 5.82 Å². The second kappa shape index (κ2) is 4.85. The molecule has 84 valence electrons. The topological polar surface area (TPSA) is 37.8 Å². The van der Waals surface area contributed by atoms with Gasteiger partial charge in [0.1, 0.15) is 12.1 Å². The van der Waals surface area contributed by atoms with Crippen molar-refractivity contribution in [1.29, 1.82) is 0 Å². The van der Waals surface area contributed by atoms with Crippen LogP contribution in [0.1, 0.15) is 13.3 Å². The van der Waals surface area contributed by atoms with Gasteiger partial charge in [0.25, 0.3) is 0 Å². The standard InChI is InChI=1S/C11H11Cl2N3/c1-2-3-14-11-8-4-7(12)5-9(13)10(8)15-6-16-11/h4-6H,2-3H2,1H3,(H,14,15,16).